The Kier molecular flexibility index (Phi) is 5.80. The number of carbonyl (C=O) groups excluding carboxylic acids is 1. The normalized spacial score (nSPS) is 10.4. The minimum atomic E-state index is -0.0637. The van der Waals surface area contributed by atoms with Crippen LogP contribution in [0.15, 0.2) is 60.1 Å². The van der Waals surface area contributed by atoms with E-state index in [1.807, 2.05) is 53.9 Å². The van der Waals surface area contributed by atoms with Crippen molar-refractivity contribution in [2.45, 2.75) is 26.3 Å². The second-order valence-electron chi connectivity index (χ2n) is 5.67. The second-order valence-corrected chi connectivity index (χ2v) is 6.53. The first-order valence-corrected chi connectivity index (χ1v) is 9.16. The fraction of sp³-hybridized carbons (Fsp3) is 0.200. The first kappa shape index (κ1) is 17.2. The van der Waals surface area contributed by atoms with Crippen LogP contribution in [0.1, 0.15) is 34.8 Å². The summed E-state index contributed by atoms with van der Waals surface area (Å²) < 4.78 is 5.62. The molecule has 25 heavy (non-hydrogen) atoms. The average Bonchev–Trinajstić information content (AvgIpc) is 3.15. The molecule has 0 fully saturated rings. The SMILES string of the molecule is CCCc1ccc(C(=O)NCc2ccc(Oc3nccs3)cc2)cc1. The van der Waals surface area contributed by atoms with Crippen LogP contribution >= 0.6 is 11.3 Å². The van der Waals surface area contributed by atoms with Crippen LogP contribution in [-0.2, 0) is 13.0 Å². The van der Waals surface area contributed by atoms with Crippen molar-refractivity contribution in [3.8, 4) is 10.9 Å². The molecule has 0 aliphatic heterocycles. The maximum Gasteiger partial charge on any atom is 0.278 e. The zero-order valence-electron chi connectivity index (χ0n) is 14.1. The van der Waals surface area contributed by atoms with Gasteiger partial charge in [0.2, 0.25) is 0 Å². The molecule has 1 aromatic heterocycles. The molecule has 2 aromatic carbocycles. The predicted molar refractivity (Wildman–Crippen MR) is 100 cm³/mol. The quantitative estimate of drug-likeness (QED) is 0.663. The summed E-state index contributed by atoms with van der Waals surface area (Å²) in [6.45, 7) is 2.63. The fourth-order valence-corrected chi connectivity index (χ4v) is 2.94. The van der Waals surface area contributed by atoms with Crippen LogP contribution in [0.3, 0.4) is 0 Å². The van der Waals surface area contributed by atoms with E-state index in [1.54, 1.807) is 6.20 Å². The van der Waals surface area contributed by atoms with Gasteiger partial charge in [0.15, 0.2) is 0 Å². The molecule has 0 bridgehead atoms. The molecule has 0 atom stereocenters. The van der Waals surface area contributed by atoms with E-state index in [2.05, 4.69) is 17.2 Å². The van der Waals surface area contributed by atoms with E-state index >= 15 is 0 Å². The molecule has 0 aliphatic rings. The summed E-state index contributed by atoms with van der Waals surface area (Å²) in [6.07, 6.45) is 3.85. The zero-order valence-corrected chi connectivity index (χ0v) is 14.9. The lowest BCUT2D eigenvalue weighted by molar-refractivity contribution is 0.0951. The lowest BCUT2D eigenvalue weighted by atomic mass is 10.1. The first-order chi connectivity index (χ1) is 12.2. The van der Waals surface area contributed by atoms with Crippen LogP contribution in [0.4, 0.5) is 0 Å². The molecule has 1 amide bonds. The number of ether oxygens (including phenoxy) is 1. The van der Waals surface area contributed by atoms with Gasteiger partial charge in [0.05, 0.1) is 0 Å². The topological polar surface area (TPSA) is 51.2 Å². The number of nitrogens with one attached hydrogen (secondary N) is 1. The fourth-order valence-electron chi connectivity index (χ4n) is 2.43. The molecule has 1 N–H and O–H groups in total. The van der Waals surface area contributed by atoms with Gasteiger partial charge in [0, 0.05) is 23.7 Å². The van der Waals surface area contributed by atoms with Gasteiger partial charge >= 0.3 is 0 Å². The highest BCUT2D eigenvalue weighted by atomic mass is 32.1. The molecule has 0 saturated carbocycles. The summed E-state index contributed by atoms with van der Waals surface area (Å²) in [4.78, 5) is 16.3. The molecular formula is C20H20N2O2S. The summed E-state index contributed by atoms with van der Waals surface area (Å²) in [5.41, 5.74) is 2.96. The van der Waals surface area contributed by atoms with Crippen molar-refractivity contribution in [2.75, 3.05) is 0 Å². The smallest absolute Gasteiger partial charge is 0.278 e. The molecule has 0 radical (unpaired) electrons. The van der Waals surface area contributed by atoms with Gasteiger partial charge in [-0.15, -0.1) is 0 Å². The average molecular weight is 352 g/mol. The minimum Gasteiger partial charge on any atom is -0.431 e. The van der Waals surface area contributed by atoms with Crippen LogP contribution in [0.2, 0.25) is 0 Å². The van der Waals surface area contributed by atoms with E-state index in [9.17, 15) is 4.79 Å². The summed E-state index contributed by atoms with van der Waals surface area (Å²) in [5.74, 6) is 0.669. The van der Waals surface area contributed by atoms with Crippen molar-refractivity contribution in [1.29, 1.82) is 0 Å². The molecule has 3 rings (SSSR count). The number of nitrogens with zero attached hydrogens (tertiary/aromatic N) is 1. The predicted octanol–water partition coefficient (Wildman–Crippen LogP) is 4.82. The van der Waals surface area contributed by atoms with Gasteiger partial charge in [-0.3, -0.25) is 4.79 Å². The van der Waals surface area contributed by atoms with Gasteiger partial charge in [-0.1, -0.05) is 48.9 Å². The van der Waals surface area contributed by atoms with Crippen molar-refractivity contribution in [3.05, 3.63) is 76.8 Å². The standard InChI is InChI=1S/C20H20N2O2S/c1-2-3-15-4-8-17(9-5-15)19(23)22-14-16-6-10-18(11-7-16)24-20-21-12-13-25-20/h4-13H,2-3,14H2,1H3,(H,22,23). The number of carbonyl (C=O) groups is 1. The number of hydrogen-bond acceptors (Lipinski definition) is 4. The molecule has 5 heteroatoms. The third kappa shape index (κ3) is 4.90. The third-order valence-corrected chi connectivity index (χ3v) is 4.39. The van der Waals surface area contributed by atoms with Gasteiger partial charge in [-0.25, -0.2) is 4.98 Å². The summed E-state index contributed by atoms with van der Waals surface area (Å²) in [6, 6.07) is 15.4. The molecular weight excluding hydrogens is 332 g/mol. The summed E-state index contributed by atoms with van der Waals surface area (Å²) in [7, 11) is 0. The van der Waals surface area contributed by atoms with Crippen molar-refractivity contribution in [3.63, 3.8) is 0 Å². The molecule has 3 aromatic rings. The molecule has 0 unspecified atom stereocenters. The molecule has 1 heterocycles. The zero-order chi connectivity index (χ0) is 17.5. The van der Waals surface area contributed by atoms with Crippen LogP contribution in [0.25, 0.3) is 0 Å². The van der Waals surface area contributed by atoms with Crippen molar-refractivity contribution < 1.29 is 9.53 Å². The molecule has 0 saturated heterocycles. The van der Waals surface area contributed by atoms with Crippen LogP contribution in [0, 0.1) is 0 Å². The first-order valence-electron chi connectivity index (χ1n) is 8.28. The number of hydrogen-bond donors (Lipinski definition) is 1. The van der Waals surface area contributed by atoms with Gasteiger partial charge in [-0.2, -0.15) is 0 Å². The van der Waals surface area contributed by atoms with Gasteiger partial charge in [0.25, 0.3) is 11.1 Å². The van der Waals surface area contributed by atoms with E-state index < -0.39 is 0 Å². The van der Waals surface area contributed by atoms with Crippen LogP contribution < -0.4 is 10.1 Å². The molecule has 4 nitrogen and oxygen atoms in total. The highest BCUT2D eigenvalue weighted by molar-refractivity contribution is 7.11. The lowest BCUT2D eigenvalue weighted by Crippen LogP contribution is -2.22. The molecule has 128 valence electrons. The van der Waals surface area contributed by atoms with Crippen LogP contribution in [-0.4, -0.2) is 10.9 Å². The Morgan fingerprint density at radius 2 is 1.80 bits per heavy atom. The highest BCUT2D eigenvalue weighted by Crippen LogP contribution is 2.23. The number of aryl methyl sites for hydroxylation is 1. The van der Waals surface area contributed by atoms with Gasteiger partial charge in [0.1, 0.15) is 5.75 Å². The third-order valence-electron chi connectivity index (χ3n) is 3.75. The summed E-state index contributed by atoms with van der Waals surface area (Å²) in [5, 5.41) is 5.43. The van der Waals surface area contributed by atoms with Crippen molar-refractivity contribution in [1.82, 2.24) is 10.3 Å². The number of aromatic nitrogens is 1. The summed E-state index contributed by atoms with van der Waals surface area (Å²) >= 11 is 1.45. The monoisotopic (exact) mass is 352 g/mol. The number of amides is 1. The highest BCUT2D eigenvalue weighted by Gasteiger charge is 2.06. The van der Waals surface area contributed by atoms with Crippen LogP contribution in [0.5, 0.6) is 10.9 Å². The lowest BCUT2D eigenvalue weighted by Gasteiger charge is -2.07. The Morgan fingerprint density at radius 1 is 1.08 bits per heavy atom. The maximum atomic E-state index is 12.2. The largest absolute Gasteiger partial charge is 0.431 e. The van der Waals surface area contributed by atoms with Crippen molar-refractivity contribution >= 4 is 17.2 Å². The second kappa shape index (κ2) is 8.44. The molecule has 0 aliphatic carbocycles. The number of thiazole rings is 1. The van der Waals surface area contributed by atoms with E-state index in [1.165, 1.54) is 16.9 Å². The Labute approximate surface area is 151 Å². The Morgan fingerprint density at radius 3 is 2.44 bits per heavy atom. The van der Waals surface area contributed by atoms with Gasteiger partial charge < -0.3 is 10.1 Å². The maximum absolute atomic E-state index is 12.2. The molecule has 0 spiro atoms. The van der Waals surface area contributed by atoms with E-state index in [0.717, 1.165) is 24.2 Å². The minimum absolute atomic E-state index is 0.0637. The van der Waals surface area contributed by atoms with E-state index in [-0.39, 0.29) is 5.91 Å². The Hall–Kier alpha value is -2.66. The van der Waals surface area contributed by atoms with E-state index in [4.69, 9.17) is 4.74 Å². The van der Waals surface area contributed by atoms with Gasteiger partial charge in [-0.05, 0) is 41.8 Å². The Balaban J connectivity index is 1.53. The van der Waals surface area contributed by atoms with Crippen molar-refractivity contribution in [2.24, 2.45) is 0 Å². The number of benzene rings is 2. The Bertz CT molecular complexity index is 797. The van der Waals surface area contributed by atoms with E-state index in [0.29, 0.717) is 17.3 Å². The number of rotatable bonds is 7.